The fraction of sp³-hybridized carbons (Fsp3) is 0.368. The van der Waals surface area contributed by atoms with Crippen LogP contribution >= 0.6 is 24.0 Å². The fourth-order valence-corrected chi connectivity index (χ4v) is 2.67. The summed E-state index contributed by atoms with van der Waals surface area (Å²) in [7, 11) is 0. The molecule has 1 aromatic carbocycles. The molecule has 0 unspecified atom stereocenters. The van der Waals surface area contributed by atoms with E-state index in [1.165, 1.54) is 6.07 Å². The second-order valence-electron chi connectivity index (χ2n) is 6.01. The Kier molecular flexibility index (Phi) is 8.68. The molecule has 2 N–H and O–H groups in total. The third-order valence-electron chi connectivity index (χ3n) is 4.06. The van der Waals surface area contributed by atoms with Crippen LogP contribution < -0.4 is 24.8 Å². The summed E-state index contributed by atoms with van der Waals surface area (Å²) in [4.78, 5) is 8.80. The summed E-state index contributed by atoms with van der Waals surface area (Å²) in [6.07, 6.45) is 1.73. The lowest BCUT2D eigenvalue weighted by Gasteiger charge is -2.14. The van der Waals surface area contributed by atoms with Crippen molar-refractivity contribution in [3.05, 3.63) is 47.3 Å². The molecule has 1 aliphatic heterocycles. The average Bonchev–Trinajstić information content (AvgIpc) is 3.11. The summed E-state index contributed by atoms with van der Waals surface area (Å²) >= 11 is 0. The summed E-state index contributed by atoms with van der Waals surface area (Å²) in [5.41, 5.74) is 2.43. The lowest BCUT2D eigenvalue weighted by Crippen LogP contribution is -2.37. The summed E-state index contributed by atoms with van der Waals surface area (Å²) in [6.45, 7) is 2.28. The van der Waals surface area contributed by atoms with E-state index in [1.807, 2.05) is 26.0 Å². The SMILES string of the molecule is CCNC(=NCc1cc2c(cc1OC(F)F)OCO2)NCc1ncccc1C.I. The maximum atomic E-state index is 12.8. The minimum absolute atomic E-state index is 0. The molecular weight excluding hydrogens is 497 g/mol. The summed E-state index contributed by atoms with van der Waals surface area (Å²) in [6, 6.07) is 6.86. The molecule has 3 rings (SSSR count). The fourth-order valence-electron chi connectivity index (χ4n) is 2.67. The number of nitrogens with zero attached hydrogens (tertiary/aromatic N) is 2. The third kappa shape index (κ3) is 6.31. The van der Waals surface area contributed by atoms with Crippen LogP contribution in [0.25, 0.3) is 0 Å². The van der Waals surface area contributed by atoms with Crippen molar-refractivity contribution < 1.29 is 23.0 Å². The topological polar surface area (TPSA) is 77.0 Å². The van der Waals surface area contributed by atoms with E-state index in [0.29, 0.717) is 36.1 Å². The molecule has 0 amide bonds. The van der Waals surface area contributed by atoms with Crippen LogP contribution in [0.3, 0.4) is 0 Å². The first-order valence-corrected chi connectivity index (χ1v) is 8.86. The number of alkyl halides is 2. The van der Waals surface area contributed by atoms with Gasteiger partial charge in [0.15, 0.2) is 17.5 Å². The van der Waals surface area contributed by atoms with Gasteiger partial charge in [-0.25, -0.2) is 4.99 Å². The Morgan fingerprint density at radius 1 is 1.28 bits per heavy atom. The Balaban J connectivity index is 0.00000300. The van der Waals surface area contributed by atoms with E-state index in [9.17, 15) is 8.78 Å². The van der Waals surface area contributed by atoms with Gasteiger partial charge in [0.05, 0.1) is 18.8 Å². The van der Waals surface area contributed by atoms with Crippen molar-refractivity contribution in [3.8, 4) is 17.2 Å². The normalized spacial score (nSPS) is 12.5. The molecule has 7 nitrogen and oxygen atoms in total. The van der Waals surface area contributed by atoms with Gasteiger partial charge in [-0.15, -0.1) is 24.0 Å². The van der Waals surface area contributed by atoms with Gasteiger partial charge in [-0.3, -0.25) is 4.98 Å². The molecule has 0 atom stereocenters. The molecule has 1 aromatic heterocycles. The first-order valence-electron chi connectivity index (χ1n) is 8.86. The van der Waals surface area contributed by atoms with E-state index in [4.69, 9.17) is 9.47 Å². The molecule has 158 valence electrons. The number of halogens is 3. The maximum Gasteiger partial charge on any atom is 0.387 e. The molecule has 1 aliphatic rings. The van der Waals surface area contributed by atoms with Crippen LogP contribution in [0.4, 0.5) is 8.78 Å². The molecule has 0 fully saturated rings. The van der Waals surface area contributed by atoms with Crippen molar-refractivity contribution in [2.75, 3.05) is 13.3 Å². The van der Waals surface area contributed by atoms with Crippen molar-refractivity contribution >= 4 is 29.9 Å². The van der Waals surface area contributed by atoms with Crippen molar-refractivity contribution in [1.29, 1.82) is 0 Å². The molecule has 0 bridgehead atoms. The molecule has 0 spiro atoms. The van der Waals surface area contributed by atoms with Gasteiger partial charge in [0.25, 0.3) is 0 Å². The Hall–Kier alpha value is -2.37. The highest BCUT2D eigenvalue weighted by Crippen LogP contribution is 2.39. The number of rotatable bonds is 7. The highest BCUT2D eigenvalue weighted by molar-refractivity contribution is 14.0. The minimum atomic E-state index is -2.94. The Labute approximate surface area is 184 Å². The van der Waals surface area contributed by atoms with Gasteiger partial charge in [-0.2, -0.15) is 8.78 Å². The van der Waals surface area contributed by atoms with Gasteiger partial charge in [0, 0.05) is 24.4 Å². The molecule has 0 saturated heterocycles. The predicted octanol–water partition coefficient (Wildman–Crippen LogP) is 3.59. The van der Waals surface area contributed by atoms with Crippen LogP contribution in [0.15, 0.2) is 35.5 Å². The van der Waals surface area contributed by atoms with Crippen LogP contribution in [0.1, 0.15) is 23.7 Å². The maximum absolute atomic E-state index is 12.8. The van der Waals surface area contributed by atoms with E-state index < -0.39 is 6.61 Å². The number of aromatic nitrogens is 1. The zero-order valence-corrected chi connectivity index (χ0v) is 18.4. The Morgan fingerprint density at radius 3 is 2.72 bits per heavy atom. The van der Waals surface area contributed by atoms with Crippen LogP contribution in [0, 0.1) is 6.92 Å². The second-order valence-corrected chi connectivity index (χ2v) is 6.01. The Morgan fingerprint density at radius 2 is 2.03 bits per heavy atom. The number of pyridine rings is 1. The van der Waals surface area contributed by atoms with E-state index in [1.54, 1.807) is 12.3 Å². The molecule has 0 radical (unpaired) electrons. The lowest BCUT2D eigenvalue weighted by atomic mass is 10.1. The number of guanidine groups is 1. The highest BCUT2D eigenvalue weighted by atomic mass is 127. The largest absolute Gasteiger partial charge is 0.454 e. The van der Waals surface area contributed by atoms with Crippen LogP contribution in [-0.4, -0.2) is 30.9 Å². The van der Waals surface area contributed by atoms with Crippen molar-refractivity contribution in [1.82, 2.24) is 15.6 Å². The molecule has 0 aliphatic carbocycles. The highest BCUT2D eigenvalue weighted by Gasteiger charge is 2.20. The van der Waals surface area contributed by atoms with Crippen LogP contribution in [-0.2, 0) is 13.1 Å². The van der Waals surface area contributed by atoms with E-state index in [-0.39, 0.29) is 43.1 Å². The van der Waals surface area contributed by atoms with E-state index >= 15 is 0 Å². The number of hydrogen-bond acceptors (Lipinski definition) is 5. The van der Waals surface area contributed by atoms with Gasteiger partial charge in [-0.05, 0) is 31.5 Å². The molecule has 2 aromatic rings. The average molecular weight is 520 g/mol. The number of aliphatic imine (C=N–C) groups is 1. The van der Waals surface area contributed by atoms with Gasteiger partial charge < -0.3 is 24.8 Å². The van der Waals surface area contributed by atoms with Gasteiger partial charge in [0.2, 0.25) is 6.79 Å². The zero-order valence-electron chi connectivity index (χ0n) is 16.1. The van der Waals surface area contributed by atoms with Gasteiger partial charge in [0.1, 0.15) is 5.75 Å². The van der Waals surface area contributed by atoms with E-state index in [2.05, 4.69) is 25.3 Å². The van der Waals surface area contributed by atoms with Crippen molar-refractivity contribution in [3.63, 3.8) is 0 Å². The number of aryl methyl sites for hydroxylation is 1. The minimum Gasteiger partial charge on any atom is -0.454 e. The summed E-state index contributed by atoms with van der Waals surface area (Å²) in [5.74, 6) is 1.40. The predicted molar refractivity (Wildman–Crippen MR) is 115 cm³/mol. The van der Waals surface area contributed by atoms with Crippen LogP contribution in [0.2, 0.25) is 0 Å². The van der Waals surface area contributed by atoms with Crippen LogP contribution in [0.5, 0.6) is 17.2 Å². The van der Waals surface area contributed by atoms with Crippen molar-refractivity contribution in [2.24, 2.45) is 4.99 Å². The smallest absolute Gasteiger partial charge is 0.387 e. The first-order chi connectivity index (χ1) is 13.6. The molecule has 2 heterocycles. The second kappa shape index (κ2) is 11.0. The first kappa shape index (κ1) is 22.9. The quantitative estimate of drug-likeness (QED) is 0.330. The number of hydrogen-bond donors (Lipinski definition) is 2. The molecular formula is C19H23F2IN4O3. The number of benzene rings is 1. The zero-order chi connectivity index (χ0) is 19.9. The van der Waals surface area contributed by atoms with Gasteiger partial charge in [-0.1, -0.05) is 6.07 Å². The van der Waals surface area contributed by atoms with Gasteiger partial charge >= 0.3 is 6.61 Å². The summed E-state index contributed by atoms with van der Waals surface area (Å²) < 4.78 is 40.7. The summed E-state index contributed by atoms with van der Waals surface area (Å²) in [5, 5.41) is 6.31. The third-order valence-corrected chi connectivity index (χ3v) is 4.06. The number of ether oxygens (including phenoxy) is 3. The molecule has 10 heteroatoms. The lowest BCUT2D eigenvalue weighted by molar-refractivity contribution is -0.0505. The Bertz CT molecular complexity index is 852. The number of nitrogens with one attached hydrogen (secondary N) is 2. The molecule has 0 saturated carbocycles. The molecule has 29 heavy (non-hydrogen) atoms. The monoisotopic (exact) mass is 520 g/mol. The standard InChI is InChI=1S/C19H22F2N4O3.HI/c1-3-22-19(25-10-14-12(2)5-4-6-23-14)24-9-13-7-16-17(27-11-26-16)8-15(13)28-18(20)21;/h4-8,18H,3,9-11H2,1-2H3,(H2,22,24,25);1H. The van der Waals surface area contributed by atoms with Crippen molar-refractivity contribution in [2.45, 2.75) is 33.5 Å². The number of fused-ring (bicyclic) bond motifs is 1. The van der Waals surface area contributed by atoms with E-state index in [0.717, 1.165) is 11.3 Å².